The molecule has 0 saturated carbocycles. The predicted molar refractivity (Wildman–Crippen MR) is 50.1 cm³/mol. The Kier molecular flexibility index (Phi) is 3.94. The van der Waals surface area contributed by atoms with E-state index in [2.05, 4.69) is 10.2 Å². The third-order valence-electron chi connectivity index (χ3n) is 0.961. The molecular weight excluding hydrogens is 235 g/mol. The number of alkyl halides is 1. The van der Waals surface area contributed by atoms with Gasteiger partial charge in [-0.3, -0.25) is 0 Å². The van der Waals surface area contributed by atoms with Gasteiger partial charge >= 0.3 is 5.97 Å². The highest BCUT2D eigenvalue weighted by atomic mass is 32.2. The van der Waals surface area contributed by atoms with Crippen molar-refractivity contribution in [2.24, 2.45) is 0 Å². The second kappa shape index (κ2) is 4.77. The van der Waals surface area contributed by atoms with E-state index in [1.807, 2.05) is 6.26 Å². The van der Waals surface area contributed by atoms with Crippen LogP contribution in [0.3, 0.4) is 0 Å². The van der Waals surface area contributed by atoms with Crippen LogP contribution in [-0.4, -0.2) is 33.0 Å². The van der Waals surface area contributed by atoms with Crippen LogP contribution >= 0.6 is 34.9 Å². The molecule has 0 aliphatic heterocycles. The summed E-state index contributed by atoms with van der Waals surface area (Å²) in [6.07, 6.45) is 1.82. The Morgan fingerprint density at radius 1 is 1.62 bits per heavy atom. The fourth-order valence-corrected chi connectivity index (χ4v) is 2.68. The second-order valence-electron chi connectivity index (χ2n) is 1.81. The van der Waals surface area contributed by atoms with Crippen LogP contribution in [-0.2, 0) is 4.79 Å². The smallest absolute Gasteiger partial charge is 0.349 e. The van der Waals surface area contributed by atoms with Crippen LogP contribution in [0.5, 0.6) is 0 Å². The van der Waals surface area contributed by atoms with E-state index >= 15 is 0 Å². The third kappa shape index (κ3) is 3.12. The summed E-state index contributed by atoms with van der Waals surface area (Å²) in [4.78, 5) is 10.1. The molecule has 8 heteroatoms. The van der Waals surface area contributed by atoms with E-state index in [0.29, 0.717) is 20.4 Å². The number of halogens is 1. The van der Waals surface area contributed by atoms with Crippen molar-refractivity contribution in [2.75, 3.05) is 6.26 Å². The Hall–Kier alpha value is -0.340. The quantitative estimate of drug-likeness (QED) is 0.809. The molecule has 1 rings (SSSR count). The Balaban J connectivity index is 2.58. The van der Waals surface area contributed by atoms with Crippen molar-refractivity contribution in [1.29, 1.82) is 0 Å². The van der Waals surface area contributed by atoms with Gasteiger partial charge in [0, 0.05) is 0 Å². The maximum Gasteiger partial charge on any atom is 0.349 e. The number of nitrogens with zero attached hydrogens (tertiary/aromatic N) is 2. The highest BCUT2D eigenvalue weighted by Gasteiger charge is 2.19. The van der Waals surface area contributed by atoms with Crippen LogP contribution in [0.25, 0.3) is 0 Å². The summed E-state index contributed by atoms with van der Waals surface area (Å²) in [6, 6.07) is 0. The summed E-state index contributed by atoms with van der Waals surface area (Å²) in [5.41, 5.74) is -1.97. The lowest BCUT2D eigenvalue weighted by molar-refractivity contribution is -0.139. The molecule has 0 fully saturated rings. The maximum atomic E-state index is 12.6. The predicted octanol–water partition coefficient (Wildman–Crippen LogP) is 1.73. The minimum atomic E-state index is -1.97. The fourth-order valence-electron chi connectivity index (χ4n) is 0.466. The number of carboxylic acid groups (broad SMARTS) is 1. The highest BCUT2D eigenvalue weighted by Crippen LogP contribution is 2.30. The van der Waals surface area contributed by atoms with Crippen molar-refractivity contribution in [3.05, 3.63) is 0 Å². The van der Waals surface area contributed by atoms with Gasteiger partial charge in [-0.15, -0.1) is 10.2 Å². The SMILES string of the molecule is CSc1nnc(SC(F)C(=O)O)s1. The van der Waals surface area contributed by atoms with Gasteiger partial charge in [0.05, 0.1) is 0 Å². The summed E-state index contributed by atoms with van der Waals surface area (Å²) in [5.74, 6) is -1.49. The Morgan fingerprint density at radius 2 is 2.23 bits per heavy atom. The Bertz CT molecular complexity index is 306. The normalized spacial score (nSPS) is 12.8. The molecule has 0 spiro atoms. The lowest BCUT2D eigenvalue weighted by Gasteiger charge is -1.96. The molecule has 4 nitrogen and oxygen atoms in total. The highest BCUT2D eigenvalue weighted by molar-refractivity contribution is 8.03. The van der Waals surface area contributed by atoms with Gasteiger partial charge in [-0.2, -0.15) is 0 Å². The number of rotatable bonds is 4. The summed E-state index contributed by atoms with van der Waals surface area (Å²) in [7, 11) is 0. The average Bonchev–Trinajstić information content (AvgIpc) is 2.52. The molecule has 1 N–H and O–H groups in total. The van der Waals surface area contributed by atoms with Crippen LogP contribution < -0.4 is 0 Å². The number of aromatic nitrogens is 2. The average molecular weight is 240 g/mol. The topological polar surface area (TPSA) is 63.1 Å². The van der Waals surface area contributed by atoms with Gasteiger partial charge in [0.1, 0.15) is 0 Å². The first kappa shape index (κ1) is 10.7. The van der Waals surface area contributed by atoms with Gasteiger partial charge < -0.3 is 5.11 Å². The molecule has 13 heavy (non-hydrogen) atoms. The lowest BCUT2D eigenvalue weighted by atomic mass is 10.8. The van der Waals surface area contributed by atoms with Gasteiger partial charge in [0.2, 0.25) is 5.50 Å². The first-order chi connectivity index (χ1) is 6.13. The van der Waals surface area contributed by atoms with Crippen LogP contribution in [0.15, 0.2) is 8.68 Å². The molecule has 0 radical (unpaired) electrons. The molecule has 1 atom stereocenters. The Morgan fingerprint density at radius 3 is 2.69 bits per heavy atom. The van der Waals surface area contributed by atoms with E-state index in [1.165, 1.54) is 23.1 Å². The van der Waals surface area contributed by atoms with E-state index in [0.717, 1.165) is 0 Å². The number of carboxylic acids is 1. The van der Waals surface area contributed by atoms with E-state index in [1.54, 1.807) is 0 Å². The molecular formula is C5H5FN2O2S3. The summed E-state index contributed by atoms with van der Waals surface area (Å²) in [6.45, 7) is 0. The number of aliphatic carboxylic acids is 1. The minimum Gasteiger partial charge on any atom is -0.478 e. The van der Waals surface area contributed by atoms with Crippen molar-refractivity contribution in [3.63, 3.8) is 0 Å². The van der Waals surface area contributed by atoms with E-state index in [9.17, 15) is 9.18 Å². The maximum absolute atomic E-state index is 12.6. The molecule has 1 aromatic heterocycles. The molecule has 1 aromatic rings. The molecule has 0 amide bonds. The monoisotopic (exact) mass is 240 g/mol. The molecule has 1 unspecified atom stereocenters. The van der Waals surface area contributed by atoms with Gasteiger partial charge in [0.15, 0.2) is 8.68 Å². The summed E-state index contributed by atoms with van der Waals surface area (Å²) < 4.78 is 13.6. The number of carbonyl (C=O) groups is 1. The van der Waals surface area contributed by atoms with E-state index < -0.39 is 11.5 Å². The molecule has 72 valence electrons. The third-order valence-corrected chi connectivity index (χ3v) is 3.88. The lowest BCUT2D eigenvalue weighted by Crippen LogP contribution is -2.09. The number of hydrogen-bond acceptors (Lipinski definition) is 6. The van der Waals surface area contributed by atoms with E-state index in [4.69, 9.17) is 5.11 Å². The standard InChI is InChI=1S/C5H5FN2O2S3/c1-11-4-7-8-5(13-4)12-2(6)3(9)10/h2H,1H3,(H,9,10). The van der Waals surface area contributed by atoms with Crippen molar-refractivity contribution < 1.29 is 14.3 Å². The van der Waals surface area contributed by atoms with Crippen LogP contribution in [0.4, 0.5) is 4.39 Å². The first-order valence-corrected chi connectivity index (χ1v) is 5.96. The van der Waals surface area contributed by atoms with Crippen LogP contribution in [0, 0.1) is 0 Å². The molecule has 0 bridgehead atoms. The first-order valence-electron chi connectivity index (χ1n) is 3.04. The number of hydrogen-bond donors (Lipinski definition) is 1. The van der Waals surface area contributed by atoms with Crippen molar-refractivity contribution in [2.45, 2.75) is 14.2 Å². The molecule has 0 aliphatic carbocycles. The largest absolute Gasteiger partial charge is 0.478 e. The molecule has 0 aliphatic rings. The van der Waals surface area contributed by atoms with Gasteiger partial charge in [-0.05, 0) is 18.0 Å². The van der Waals surface area contributed by atoms with Crippen LogP contribution in [0.1, 0.15) is 0 Å². The van der Waals surface area contributed by atoms with Crippen molar-refractivity contribution in [1.82, 2.24) is 10.2 Å². The van der Waals surface area contributed by atoms with E-state index in [-0.39, 0.29) is 0 Å². The minimum absolute atomic E-state index is 0.333. The van der Waals surface area contributed by atoms with Crippen LogP contribution in [0.2, 0.25) is 0 Å². The second-order valence-corrected chi connectivity index (χ2v) is 5.14. The summed E-state index contributed by atoms with van der Waals surface area (Å²) >= 11 is 3.12. The molecule has 1 heterocycles. The Labute approximate surface area is 85.9 Å². The van der Waals surface area contributed by atoms with Gasteiger partial charge in [0.25, 0.3) is 0 Å². The zero-order valence-corrected chi connectivity index (χ0v) is 8.88. The zero-order valence-electron chi connectivity index (χ0n) is 6.43. The summed E-state index contributed by atoms with van der Waals surface area (Å²) in [5, 5.41) is 15.6. The molecule has 0 aromatic carbocycles. The van der Waals surface area contributed by atoms with Gasteiger partial charge in [-0.1, -0.05) is 23.1 Å². The van der Waals surface area contributed by atoms with Gasteiger partial charge in [-0.25, -0.2) is 9.18 Å². The fraction of sp³-hybridized carbons (Fsp3) is 0.400. The molecule has 0 saturated heterocycles. The van der Waals surface area contributed by atoms with Crippen molar-refractivity contribution >= 4 is 40.8 Å². The van der Waals surface area contributed by atoms with Crippen molar-refractivity contribution in [3.8, 4) is 0 Å². The number of thioether (sulfide) groups is 2. The zero-order chi connectivity index (χ0) is 9.84.